The topological polar surface area (TPSA) is 12.0 Å². The van der Waals surface area contributed by atoms with Crippen molar-refractivity contribution in [2.24, 2.45) is 5.92 Å². The normalized spacial score (nSPS) is 17.0. The summed E-state index contributed by atoms with van der Waals surface area (Å²) in [5, 5.41) is 3.31. The van der Waals surface area contributed by atoms with Crippen LogP contribution in [0.15, 0.2) is 24.3 Å². The molecule has 0 heterocycles. The van der Waals surface area contributed by atoms with E-state index in [1.807, 2.05) is 0 Å². The van der Waals surface area contributed by atoms with Crippen LogP contribution in [0, 0.1) is 5.92 Å². The molecular weight excluding hydrogens is 251 g/mol. The Balaban J connectivity index is 1.71. The van der Waals surface area contributed by atoms with Gasteiger partial charge < -0.3 is 5.32 Å². The molecule has 0 saturated heterocycles. The van der Waals surface area contributed by atoms with Gasteiger partial charge >= 0.3 is 6.18 Å². The molecule has 1 aliphatic rings. The van der Waals surface area contributed by atoms with Crippen LogP contribution in [0.5, 0.6) is 0 Å². The lowest BCUT2D eigenvalue weighted by Gasteiger charge is -2.10. The van der Waals surface area contributed by atoms with Crippen LogP contribution < -0.4 is 5.32 Å². The molecule has 1 N–H and O–H groups in total. The molecule has 0 aromatic heterocycles. The molecule has 0 atom stereocenters. The van der Waals surface area contributed by atoms with Crippen molar-refractivity contribution in [1.29, 1.82) is 0 Å². The Morgan fingerprint density at radius 1 is 1.05 bits per heavy atom. The van der Waals surface area contributed by atoms with Gasteiger partial charge in [-0.05, 0) is 36.6 Å². The largest absolute Gasteiger partial charge is 0.416 e. The Morgan fingerprint density at radius 3 is 2.26 bits per heavy atom. The number of alkyl halides is 3. The van der Waals surface area contributed by atoms with Crippen LogP contribution in [0.4, 0.5) is 13.2 Å². The van der Waals surface area contributed by atoms with Gasteiger partial charge in [0.25, 0.3) is 0 Å². The van der Waals surface area contributed by atoms with E-state index >= 15 is 0 Å². The zero-order chi connectivity index (χ0) is 13.7. The highest BCUT2D eigenvalue weighted by molar-refractivity contribution is 5.24. The van der Waals surface area contributed by atoms with Gasteiger partial charge in [-0.2, -0.15) is 13.2 Å². The second-order valence-electron chi connectivity index (χ2n) is 5.31. The molecule has 1 aliphatic carbocycles. The van der Waals surface area contributed by atoms with Gasteiger partial charge in [-0.3, -0.25) is 0 Å². The van der Waals surface area contributed by atoms with Crippen molar-refractivity contribution >= 4 is 0 Å². The average Bonchev–Trinajstić information content (AvgIpc) is 2.87. The molecule has 0 aliphatic heterocycles. The highest BCUT2D eigenvalue weighted by Crippen LogP contribution is 2.29. The number of hydrogen-bond donors (Lipinski definition) is 1. The molecule has 0 radical (unpaired) electrons. The van der Waals surface area contributed by atoms with E-state index in [-0.39, 0.29) is 0 Å². The van der Waals surface area contributed by atoms with Crippen molar-refractivity contribution in [3.8, 4) is 0 Å². The zero-order valence-electron chi connectivity index (χ0n) is 11.0. The van der Waals surface area contributed by atoms with Crippen molar-refractivity contribution in [2.75, 3.05) is 6.54 Å². The molecule has 1 fully saturated rings. The SMILES string of the molecule is FC(F)(F)c1ccc(CNCCC2CCCC2)cc1. The molecule has 1 saturated carbocycles. The summed E-state index contributed by atoms with van der Waals surface area (Å²) in [6.45, 7) is 1.59. The highest BCUT2D eigenvalue weighted by Gasteiger charge is 2.29. The Labute approximate surface area is 112 Å². The maximum atomic E-state index is 12.4. The van der Waals surface area contributed by atoms with Crippen molar-refractivity contribution < 1.29 is 13.2 Å². The summed E-state index contributed by atoms with van der Waals surface area (Å²) in [5.74, 6) is 0.847. The van der Waals surface area contributed by atoms with Crippen LogP contribution in [0.1, 0.15) is 43.2 Å². The summed E-state index contributed by atoms with van der Waals surface area (Å²) >= 11 is 0. The lowest BCUT2D eigenvalue weighted by atomic mass is 10.0. The summed E-state index contributed by atoms with van der Waals surface area (Å²) in [5.41, 5.74) is 0.321. The summed E-state index contributed by atoms with van der Waals surface area (Å²) in [4.78, 5) is 0. The number of benzene rings is 1. The van der Waals surface area contributed by atoms with E-state index in [2.05, 4.69) is 5.32 Å². The van der Waals surface area contributed by atoms with Crippen molar-refractivity contribution in [3.63, 3.8) is 0 Å². The van der Waals surface area contributed by atoms with Gasteiger partial charge in [0.2, 0.25) is 0 Å². The second-order valence-corrected chi connectivity index (χ2v) is 5.31. The molecule has 2 rings (SSSR count). The molecular formula is C15H20F3N. The Bertz CT molecular complexity index is 377. The van der Waals surface area contributed by atoms with E-state index < -0.39 is 11.7 Å². The fourth-order valence-electron chi connectivity index (χ4n) is 2.65. The van der Waals surface area contributed by atoms with Gasteiger partial charge in [-0.15, -0.1) is 0 Å². The summed E-state index contributed by atoms with van der Waals surface area (Å²) in [6, 6.07) is 5.39. The minimum Gasteiger partial charge on any atom is -0.313 e. The van der Waals surface area contributed by atoms with Crippen LogP contribution in [0.25, 0.3) is 0 Å². The molecule has 0 unspecified atom stereocenters. The quantitative estimate of drug-likeness (QED) is 0.784. The van der Waals surface area contributed by atoms with Gasteiger partial charge in [0.1, 0.15) is 0 Å². The van der Waals surface area contributed by atoms with E-state index in [1.165, 1.54) is 32.1 Å². The van der Waals surface area contributed by atoms with E-state index in [4.69, 9.17) is 0 Å². The maximum Gasteiger partial charge on any atom is 0.416 e. The third-order valence-corrected chi connectivity index (χ3v) is 3.81. The van der Waals surface area contributed by atoms with E-state index in [1.54, 1.807) is 12.1 Å². The summed E-state index contributed by atoms with van der Waals surface area (Å²) in [7, 11) is 0. The summed E-state index contributed by atoms with van der Waals surface area (Å²) < 4.78 is 37.1. The molecule has 1 nitrogen and oxygen atoms in total. The Hall–Kier alpha value is -1.03. The van der Waals surface area contributed by atoms with E-state index in [0.29, 0.717) is 6.54 Å². The Kier molecular flexibility index (Phi) is 4.86. The lowest BCUT2D eigenvalue weighted by molar-refractivity contribution is -0.137. The van der Waals surface area contributed by atoms with Crippen molar-refractivity contribution in [3.05, 3.63) is 35.4 Å². The number of halogens is 3. The third kappa shape index (κ3) is 4.53. The fourth-order valence-corrected chi connectivity index (χ4v) is 2.65. The molecule has 1 aromatic carbocycles. The first-order valence-electron chi connectivity index (χ1n) is 6.92. The van der Waals surface area contributed by atoms with Crippen LogP contribution in [0.3, 0.4) is 0 Å². The van der Waals surface area contributed by atoms with Gasteiger partial charge in [0.05, 0.1) is 5.56 Å². The van der Waals surface area contributed by atoms with Crippen LogP contribution in [0.2, 0.25) is 0 Å². The lowest BCUT2D eigenvalue weighted by Crippen LogP contribution is -2.17. The number of nitrogens with one attached hydrogen (secondary N) is 1. The minimum absolute atomic E-state index is 0.581. The molecule has 0 bridgehead atoms. The highest BCUT2D eigenvalue weighted by atomic mass is 19.4. The predicted molar refractivity (Wildman–Crippen MR) is 69.7 cm³/mol. The predicted octanol–water partition coefficient (Wildman–Crippen LogP) is 4.38. The second kappa shape index (κ2) is 6.42. The Morgan fingerprint density at radius 2 is 1.68 bits per heavy atom. The maximum absolute atomic E-state index is 12.4. The molecule has 4 heteroatoms. The van der Waals surface area contributed by atoms with E-state index in [9.17, 15) is 13.2 Å². The molecule has 0 spiro atoms. The smallest absolute Gasteiger partial charge is 0.313 e. The van der Waals surface area contributed by atoms with Crippen LogP contribution in [-0.2, 0) is 12.7 Å². The van der Waals surface area contributed by atoms with Crippen molar-refractivity contribution in [2.45, 2.75) is 44.8 Å². The molecule has 0 amide bonds. The van der Waals surface area contributed by atoms with E-state index in [0.717, 1.165) is 30.2 Å². The van der Waals surface area contributed by atoms with Gasteiger partial charge in [-0.1, -0.05) is 37.8 Å². The van der Waals surface area contributed by atoms with Gasteiger partial charge in [0.15, 0.2) is 0 Å². The molecule has 106 valence electrons. The first kappa shape index (κ1) is 14.4. The number of rotatable bonds is 5. The summed E-state index contributed by atoms with van der Waals surface area (Å²) in [6.07, 6.45) is 2.31. The zero-order valence-corrected chi connectivity index (χ0v) is 11.0. The minimum atomic E-state index is -4.24. The van der Waals surface area contributed by atoms with Crippen molar-refractivity contribution in [1.82, 2.24) is 5.32 Å². The van der Waals surface area contributed by atoms with Crippen LogP contribution >= 0.6 is 0 Å². The molecule has 19 heavy (non-hydrogen) atoms. The number of hydrogen-bond acceptors (Lipinski definition) is 1. The average molecular weight is 271 g/mol. The van der Waals surface area contributed by atoms with Crippen LogP contribution in [-0.4, -0.2) is 6.54 Å². The first-order valence-corrected chi connectivity index (χ1v) is 6.92. The van der Waals surface area contributed by atoms with Gasteiger partial charge in [-0.25, -0.2) is 0 Å². The third-order valence-electron chi connectivity index (χ3n) is 3.81. The monoisotopic (exact) mass is 271 g/mol. The van der Waals surface area contributed by atoms with Gasteiger partial charge in [0, 0.05) is 6.54 Å². The standard InChI is InChI=1S/C15H20F3N/c16-15(17,18)14-7-5-13(6-8-14)11-19-10-9-12-3-1-2-4-12/h5-8,12,19H,1-4,9-11H2. The fraction of sp³-hybridized carbons (Fsp3) is 0.600. The first-order chi connectivity index (χ1) is 9.05. The molecule has 1 aromatic rings.